The van der Waals surface area contributed by atoms with Crippen LogP contribution in [0.4, 0.5) is 19.0 Å². The van der Waals surface area contributed by atoms with Gasteiger partial charge in [-0.05, 0) is 43.2 Å². The molecule has 0 radical (unpaired) electrons. The first-order valence-corrected chi connectivity index (χ1v) is 10.2. The number of hydrogen-bond donors (Lipinski definition) is 0. The molecule has 2 heterocycles. The Morgan fingerprint density at radius 2 is 1.84 bits per heavy atom. The predicted octanol–water partition coefficient (Wildman–Crippen LogP) is 4.91. The molecule has 10 heteroatoms. The fourth-order valence-electron chi connectivity index (χ4n) is 3.39. The molecule has 0 saturated heterocycles. The third kappa shape index (κ3) is 4.38. The Morgan fingerprint density at radius 3 is 2.53 bits per heavy atom. The minimum Gasteiger partial charge on any atom is -0.473 e. The van der Waals surface area contributed by atoms with Gasteiger partial charge < -0.3 is 14.4 Å². The second kappa shape index (κ2) is 8.74. The number of aromatic nitrogens is 2. The summed E-state index contributed by atoms with van der Waals surface area (Å²) in [6.07, 6.45) is 0.822. The SMILES string of the molecule is C[C@H]1CCn2c(cc(OCc3cc(F)c(Oc4ccc(F)c(Cl)c4)c(F)c3)nc2=O)N1C. The minimum absolute atomic E-state index is 0.0183. The summed E-state index contributed by atoms with van der Waals surface area (Å²) < 4.78 is 54.5. The van der Waals surface area contributed by atoms with Crippen molar-refractivity contribution in [3.8, 4) is 17.4 Å². The molecule has 168 valence electrons. The number of fused-ring (bicyclic) bond motifs is 1. The molecular formula is C22H19ClF3N3O3. The second-order valence-corrected chi connectivity index (χ2v) is 7.90. The lowest BCUT2D eigenvalue weighted by Crippen LogP contribution is -2.41. The molecular weight excluding hydrogens is 447 g/mol. The molecule has 2 aromatic carbocycles. The molecule has 6 nitrogen and oxygen atoms in total. The van der Waals surface area contributed by atoms with Gasteiger partial charge in [0.1, 0.15) is 24.0 Å². The molecule has 0 amide bonds. The summed E-state index contributed by atoms with van der Waals surface area (Å²) in [5.74, 6) is -2.58. The fraction of sp³-hybridized carbons (Fsp3) is 0.273. The first-order chi connectivity index (χ1) is 15.2. The van der Waals surface area contributed by atoms with Gasteiger partial charge in [-0.3, -0.25) is 4.57 Å². The molecule has 0 bridgehead atoms. The molecule has 4 rings (SSSR count). The molecule has 0 N–H and O–H groups in total. The van der Waals surface area contributed by atoms with E-state index < -0.39 is 28.9 Å². The summed E-state index contributed by atoms with van der Waals surface area (Å²) in [7, 11) is 1.87. The van der Waals surface area contributed by atoms with Crippen LogP contribution in [0.5, 0.6) is 17.4 Å². The zero-order valence-corrected chi connectivity index (χ0v) is 18.0. The van der Waals surface area contributed by atoms with E-state index in [1.54, 1.807) is 10.6 Å². The van der Waals surface area contributed by atoms with Gasteiger partial charge in [0.15, 0.2) is 17.4 Å². The van der Waals surface area contributed by atoms with Gasteiger partial charge in [0.05, 0.1) is 5.02 Å². The largest absolute Gasteiger partial charge is 0.473 e. The van der Waals surface area contributed by atoms with Crippen LogP contribution in [0.25, 0.3) is 0 Å². The molecule has 1 aromatic heterocycles. The maximum absolute atomic E-state index is 14.5. The van der Waals surface area contributed by atoms with Crippen molar-refractivity contribution in [2.75, 3.05) is 11.9 Å². The lowest BCUT2D eigenvalue weighted by molar-refractivity contribution is 0.287. The summed E-state index contributed by atoms with van der Waals surface area (Å²) in [5.41, 5.74) is -0.277. The van der Waals surface area contributed by atoms with Gasteiger partial charge in [-0.15, -0.1) is 0 Å². The summed E-state index contributed by atoms with van der Waals surface area (Å²) >= 11 is 5.66. The van der Waals surface area contributed by atoms with Crippen molar-refractivity contribution < 1.29 is 22.6 Å². The second-order valence-electron chi connectivity index (χ2n) is 7.49. The number of benzene rings is 2. The molecule has 32 heavy (non-hydrogen) atoms. The van der Waals surface area contributed by atoms with E-state index in [4.69, 9.17) is 21.1 Å². The molecule has 3 aromatic rings. The summed E-state index contributed by atoms with van der Waals surface area (Å²) in [5, 5.41) is -0.234. The van der Waals surface area contributed by atoms with Gasteiger partial charge in [0, 0.05) is 31.8 Å². The van der Waals surface area contributed by atoms with Crippen molar-refractivity contribution in [3.05, 3.63) is 74.9 Å². The van der Waals surface area contributed by atoms with Crippen LogP contribution < -0.4 is 20.1 Å². The Balaban J connectivity index is 1.52. The van der Waals surface area contributed by atoms with Crippen LogP contribution >= 0.6 is 11.6 Å². The van der Waals surface area contributed by atoms with E-state index in [-0.39, 0.29) is 34.9 Å². The molecule has 0 unspecified atom stereocenters. The van der Waals surface area contributed by atoms with Gasteiger partial charge in [0.25, 0.3) is 0 Å². The first kappa shape index (κ1) is 22.0. The van der Waals surface area contributed by atoms with E-state index in [1.807, 2.05) is 18.9 Å². The van der Waals surface area contributed by atoms with Crippen LogP contribution in [0.3, 0.4) is 0 Å². The molecule has 1 aliphatic heterocycles. The summed E-state index contributed by atoms with van der Waals surface area (Å²) in [4.78, 5) is 18.1. The topological polar surface area (TPSA) is 56.6 Å². The van der Waals surface area contributed by atoms with Crippen molar-refractivity contribution >= 4 is 17.4 Å². The Hall–Kier alpha value is -3.20. The molecule has 1 atom stereocenters. The highest BCUT2D eigenvalue weighted by Gasteiger charge is 2.22. The highest BCUT2D eigenvalue weighted by molar-refractivity contribution is 6.30. The molecule has 0 fully saturated rings. The molecule has 0 aliphatic carbocycles. The van der Waals surface area contributed by atoms with E-state index in [1.165, 1.54) is 6.07 Å². The number of halogens is 4. The Kier molecular flexibility index (Phi) is 6.01. The van der Waals surface area contributed by atoms with E-state index in [0.717, 1.165) is 30.7 Å². The summed E-state index contributed by atoms with van der Waals surface area (Å²) in [6.45, 7) is 2.39. The van der Waals surface area contributed by atoms with Crippen molar-refractivity contribution in [2.24, 2.45) is 0 Å². The van der Waals surface area contributed by atoms with Crippen LogP contribution in [0.2, 0.25) is 5.02 Å². The maximum atomic E-state index is 14.5. The normalized spacial score (nSPS) is 15.4. The van der Waals surface area contributed by atoms with E-state index in [0.29, 0.717) is 12.4 Å². The maximum Gasteiger partial charge on any atom is 0.352 e. The van der Waals surface area contributed by atoms with Gasteiger partial charge in [-0.25, -0.2) is 18.0 Å². The zero-order valence-electron chi connectivity index (χ0n) is 17.2. The van der Waals surface area contributed by atoms with Gasteiger partial charge >= 0.3 is 5.69 Å². The Labute approximate surface area is 186 Å². The first-order valence-electron chi connectivity index (χ1n) is 9.81. The standard InChI is InChI=1S/C22H19ClF3N3O3/c1-12-5-6-29-20(28(12)2)10-19(27-22(29)30)31-11-13-7-17(25)21(18(26)8-13)32-14-3-4-16(24)15(23)9-14/h3-4,7-10,12H,5-6,11H2,1-2H3/t12-/m0/s1. The smallest absolute Gasteiger partial charge is 0.352 e. The van der Waals surface area contributed by atoms with Crippen LogP contribution in [-0.4, -0.2) is 22.6 Å². The molecule has 1 aliphatic rings. The number of anilines is 1. The van der Waals surface area contributed by atoms with Gasteiger partial charge in [-0.2, -0.15) is 4.98 Å². The van der Waals surface area contributed by atoms with Crippen molar-refractivity contribution in [3.63, 3.8) is 0 Å². The Bertz CT molecular complexity index is 1210. The average Bonchev–Trinajstić information content (AvgIpc) is 2.74. The Morgan fingerprint density at radius 1 is 1.12 bits per heavy atom. The van der Waals surface area contributed by atoms with E-state index in [2.05, 4.69) is 4.98 Å². The molecule has 0 spiro atoms. The fourth-order valence-corrected chi connectivity index (χ4v) is 3.56. The highest BCUT2D eigenvalue weighted by Crippen LogP contribution is 2.31. The number of rotatable bonds is 5. The van der Waals surface area contributed by atoms with Crippen LogP contribution in [0.1, 0.15) is 18.9 Å². The highest BCUT2D eigenvalue weighted by atomic mass is 35.5. The lowest BCUT2D eigenvalue weighted by Gasteiger charge is -2.34. The zero-order chi connectivity index (χ0) is 23.0. The number of hydrogen-bond acceptors (Lipinski definition) is 5. The predicted molar refractivity (Wildman–Crippen MR) is 113 cm³/mol. The van der Waals surface area contributed by atoms with E-state index in [9.17, 15) is 18.0 Å². The van der Waals surface area contributed by atoms with Crippen molar-refractivity contribution in [1.82, 2.24) is 9.55 Å². The van der Waals surface area contributed by atoms with Crippen LogP contribution in [-0.2, 0) is 13.2 Å². The lowest BCUT2D eigenvalue weighted by atomic mass is 10.1. The van der Waals surface area contributed by atoms with Crippen molar-refractivity contribution in [1.29, 1.82) is 0 Å². The summed E-state index contributed by atoms with van der Waals surface area (Å²) in [6, 6.07) is 7.31. The van der Waals surface area contributed by atoms with Crippen LogP contribution in [0.15, 0.2) is 41.2 Å². The van der Waals surface area contributed by atoms with E-state index >= 15 is 0 Å². The average molecular weight is 466 g/mol. The third-order valence-electron chi connectivity index (χ3n) is 5.31. The van der Waals surface area contributed by atoms with Gasteiger partial charge in [0.2, 0.25) is 5.88 Å². The minimum atomic E-state index is -0.976. The third-order valence-corrected chi connectivity index (χ3v) is 5.60. The van der Waals surface area contributed by atoms with Gasteiger partial charge in [-0.1, -0.05) is 11.6 Å². The van der Waals surface area contributed by atoms with Crippen LogP contribution in [0, 0.1) is 17.5 Å². The number of ether oxygens (including phenoxy) is 2. The quantitative estimate of drug-likeness (QED) is 0.535. The molecule has 0 saturated carbocycles. The van der Waals surface area contributed by atoms with Crippen molar-refractivity contribution in [2.45, 2.75) is 32.5 Å². The monoisotopic (exact) mass is 465 g/mol. The number of nitrogens with zero attached hydrogens (tertiary/aromatic N) is 3.